The first-order valence-electron chi connectivity index (χ1n) is 9.45. The van der Waals surface area contributed by atoms with Crippen LogP contribution in [-0.2, 0) is 14.4 Å². The highest BCUT2D eigenvalue weighted by Gasteiger charge is 2.60. The Morgan fingerprint density at radius 3 is 2.00 bits per heavy atom. The van der Waals surface area contributed by atoms with Crippen molar-refractivity contribution in [2.24, 2.45) is 5.92 Å². The first kappa shape index (κ1) is 18.4. The number of halogens is 2. The van der Waals surface area contributed by atoms with Gasteiger partial charge in [0, 0.05) is 0 Å². The molecule has 0 bridgehead atoms. The molecule has 0 N–H and O–H groups in total. The highest BCUT2D eigenvalue weighted by Crippen LogP contribution is 2.47. The molecule has 3 aromatic rings. The van der Waals surface area contributed by atoms with E-state index in [4.69, 9.17) is 4.84 Å². The van der Waals surface area contributed by atoms with Crippen LogP contribution in [-0.4, -0.2) is 17.9 Å². The average molecular weight is 406 g/mol. The van der Waals surface area contributed by atoms with Crippen molar-refractivity contribution < 1.29 is 23.2 Å². The van der Waals surface area contributed by atoms with Crippen LogP contribution in [0.2, 0.25) is 0 Å². The molecule has 2 fully saturated rings. The van der Waals surface area contributed by atoms with E-state index in [-0.39, 0.29) is 0 Å². The fourth-order valence-electron chi connectivity index (χ4n) is 4.08. The quantitative estimate of drug-likeness (QED) is 0.617. The lowest BCUT2D eigenvalue weighted by molar-refractivity contribution is -0.126. The molecule has 0 unspecified atom stereocenters. The van der Waals surface area contributed by atoms with E-state index in [1.807, 2.05) is 6.07 Å². The maximum Gasteiger partial charge on any atom is 0.266 e. The molecule has 2 amide bonds. The molecule has 30 heavy (non-hydrogen) atoms. The van der Waals surface area contributed by atoms with E-state index in [1.54, 1.807) is 54.6 Å². The molecule has 7 heteroatoms. The van der Waals surface area contributed by atoms with E-state index >= 15 is 0 Å². The molecule has 5 rings (SSSR count). The summed E-state index contributed by atoms with van der Waals surface area (Å²) in [5.74, 6) is -3.84. The molecule has 3 aromatic carbocycles. The molecule has 5 nitrogen and oxygen atoms in total. The van der Waals surface area contributed by atoms with Gasteiger partial charge in [-0.2, -0.15) is 0 Å². The fraction of sp³-hybridized carbons (Fsp3) is 0.130. The van der Waals surface area contributed by atoms with Crippen molar-refractivity contribution in [3.05, 3.63) is 96.1 Å². The second-order valence-corrected chi connectivity index (χ2v) is 7.18. The maximum atomic E-state index is 14.0. The van der Waals surface area contributed by atoms with Gasteiger partial charge in [-0.15, -0.1) is 0 Å². The Morgan fingerprint density at radius 1 is 0.733 bits per heavy atom. The first-order valence-corrected chi connectivity index (χ1v) is 9.45. The van der Waals surface area contributed by atoms with Crippen molar-refractivity contribution >= 4 is 23.2 Å². The Kier molecular flexibility index (Phi) is 4.33. The van der Waals surface area contributed by atoms with Crippen molar-refractivity contribution in [3.63, 3.8) is 0 Å². The summed E-state index contributed by atoms with van der Waals surface area (Å²) < 4.78 is 27.6. The van der Waals surface area contributed by atoms with Crippen molar-refractivity contribution in [1.82, 2.24) is 0 Å². The molecular formula is C23H16F2N2O3. The number of nitrogens with zero attached hydrogens (tertiary/aromatic N) is 2. The van der Waals surface area contributed by atoms with Gasteiger partial charge in [0.1, 0.15) is 5.92 Å². The van der Waals surface area contributed by atoms with Gasteiger partial charge in [-0.25, -0.2) is 18.7 Å². The zero-order valence-corrected chi connectivity index (χ0v) is 15.6. The van der Waals surface area contributed by atoms with Gasteiger partial charge in [-0.1, -0.05) is 42.5 Å². The van der Waals surface area contributed by atoms with Crippen LogP contribution in [0.5, 0.6) is 0 Å². The SMILES string of the molecule is O=C1[C@H]2[C@H](ON(c3ccccc3)[C@@H]2c2ccc(F)c(F)c2)C(=O)N1c1ccccc1. The number of hydroxylamine groups is 1. The van der Waals surface area contributed by atoms with E-state index in [1.165, 1.54) is 11.1 Å². The van der Waals surface area contributed by atoms with Gasteiger partial charge in [0.25, 0.3) is 5.91 Å². The van der Waals surface area contributed by atoms with Crippen molar-refractivity contribution in [1.29, 1.82) is 0 Å². The summed E-state index contributed by atoms with van der Waals surface area (Å²) in [6, 6.07) is 20.2. The molecular weight excluding hydrogens is 390 g/mol. The molecule has 0 saturated carbocycles. The van der Waals surface area contributed by atoms with Gasteiger partial charge < -0.3 is 0 Å². The average Bonchev–Trinajstić information content (AvgIpc) is 3.28. The minimum Gasteiger partial charge on any atom is -0.273 e. The Labute approximate surface area is 171 Å². The third kappa shape index (κ3) is 2.78. The Hall–Kier alpha value is -3.58. The third-order valence-corrected chi connectivity index (χ3v) is 5.43. The zero-order valence-electron chi connectivity index (χ0n) is 15.6. The van der Waals surface area contributed by atoms with Gasteiger partial charge in [0.2, 0.25) is 5.91 Å². The third-order valence-electron chi connectivity index (χ3n) is 5.43. The minimum absolute atomic E-state index is 0.348. The van der Waals surface area contributed by atoms with Crippen LogP contribution in [0.25, 0.3) is 0 Å². The van der Waals surface area contributed by atoms with Crippen LogP contribution in [0, 0.1) is 17.6 Å². The Balaban J connectivity index is 1.61. The minimum atomic E-state index is -1.06. The van der Waals surface area contributed by atoms with Gasteiger partial charge >= 0.3 is 0 Å². The van der Waals surface area contributed by atoms with Crippen LogP contribution < -0.4 is 9.96 Å². The smallest absolute Gasteiger partial charge is 0.266 e. The maximum absolute atomic E-state index is 14.0. The number of benzene rings is 3. The molecule has 0 aliphatic carbocycles. The second kappa shape index (κ2) is 7.03. The molecule has 2 saturated heterocycles. The second-order valence-electron chi connectivity index (χ2n) is 7.18. The zero-order chi connectivity index (χ0) is 20.8. The number of carbonyl (C=O) groups excluding carboxylic acids is 2. The topological polar surface area (TPSA) is 49.9 Å². The number of hydrogen-bond donors (Lipinski definition) is 0. The predicted molar refractivity (Wildman–Crippen MR) is 105 cm³/mol. The Morgan fingerprint density at radius 2 is 1.37 bits per heavy atom. The number of rotatable bonds is 3. The number of imide groups is 1. The van der Waals surface area contributed by atoms with E-state index in [9.17, 15) is 18.4 Å². The van der Waals surface area contributed by atoms with Crippen LogP contribution in [0.4, 0.5) is 20.2 Å². The largest absolute Gasteiger partial charge is 0.273 e. The molecule has 150 valence electrons. The molecule has 0 aromatic heterocycles. The monoisotopic (exact) mass is 406 g/mol. The summed E-state index contributed by atoms with van der Waals surface area (Å²) >= 11 is 0. The summed E-state index contributed by atoms with van der Waals surface area (Å²) in [7, 11) is 0. The van der Waals surface area contributed by atoms with Gasteiger partial charge in [0.15, 0.2) is 17.7 Å². The molecule has 2 aliphatic heterocycles. The molecule has 0 radical (unpaired) electrons. The number of amides is 2. The highest BCUT2D eigenvalue weighted by atomic mass is 19.2. The van der Waals surface area contributed by atoms with Crippen LogP contribution >= 0.6 is 0 Å². The summed E-state index contributed by atoms with van der Waals surface area (Å²) in [5.41, 5.74) is 1.40. The fourth-order valence-corrected chi connectivity index (χ4v) is 4.08. The van der Waals surface area contributed by atoms with E-state index in [0.717, 1.165) is 17.0 Å². The van der Waals surface area contributed by atoms with Crippen molar-refractivity contribution in [2.75, 3.05) is 9.96 Å². The number of anilines is 2. The molecule has 2 heterocycles. The lowest BCUT2D eigenvalue weighted by atomic mass is 9.90. The first-order chi connectivity index (χ1) is 14.6. The molecule has 2 aliphatic rings. The van der Waals surface area contributed by atoms with Crippen LogP contribution in [0.3, 0.4) is 0 Å². The normalized spacial score (nSPS) is 23.2. The van der Waals surface area contributed by atoms with E-state index in [0.29, 0.717) is 16.9 Å². The van der Waals surface area contributed by atoms with E-state index in [2.05, 4.69) is 0 Å². The highest BCUT2D eigenvalue weighted by molar-refractivity contribution is 6.23. The van der Waals surface area contributed by atoms with Gasteiger partial charge in [-0.3, -0.25) is 14.4 Å². The standard InChI is InChI=1S/C23H16F2N2O3/c24-17-12-11-14(13-18(17)25)20-19-21(30-27(20)16-9-5-2-6-10-16)23(29)26(22(19)28)15-7-3-1-4-8-15/h1-13,19-21H/t19-,20-,21+/m1/s1. The summed E-state index contributed by atoms with van der Waals surface area (Å²) in [6.07, 6.45) is -1.06. The van der Waals surface area contributed by atoms with Crippen molar-refractivity contribution in [3.8, 4) is 0 Å². The van der Waals surface area contributed by atoms with Gasteiger partial charge in [0.05, 0.1) is 17.4 Å². The Bertz CT molecular complexity index is 1120. The van der Waals surface area contributed by atoms with Crippen molar-refractivity contribution in [2.45, 2.75) is 12.1 Å². The van der Waals surface area contributed by atoms with E-state index < -0.39 is 41.5 Å². The van der Waals surface area contributed by atoms with Crippen LogP contribution in [0.1, 0.15) is 11.6 Å². The number of hydrogen-bond acceptors (Lipinski definition) is 4. The summed E-state index contributed by atoms with van der Waals surface area (Å²) in [6.45, 7) is 0. The summed E-state index contributed by atoms with van der Waals surface area (Å²) in [4.78, 5) is 33.5. The van der Waals surface area contributed by atoms with Crippen LogP contribution in [0.15, 0.2) is 78.9 Å². The lowest BCUT2D eigenvalue weighted by Crippen LogP contribution is -2.37. The summed E-state index contributed by atoms with van der Waals surface area (Å²) in [5, 5.41) is 1.44. The lowest BCUT2D eigenvalue weighted by Gasteiger charge is -2.28. The molecule has 0 spiro atoms. The number of carbonyl (C=O) groups is 2. The van der Waals surface area contributed by atoms with Gasteiger partial charge in [-0.05, 0) is 42.0 Å². The number of para-hydroxylation sites is 2. The predicted octanol–water partition coefficient (Wildman–Crippen LogP) is 4.02. The number of fused-ring (bicyclic) bond motifs is 1. The molecule has 3 atom stereocenters.